The molecule has 108 valence electrons. The number of amides is 1. The first-order chi connectivity index (χ1) is 9.81. The summed E-state index contributed by atoms with van der Waals surface area (Å²) in [6.07, 6.45) is 7.76. The van der Waals surface area contributed by atoms with Gasteiger partial charge in [-0.25, -0.2) is 0 Å². The lowest BCUT2D eigenvalue weighted by atomic mass is 10.1. The van der Waals surface area contributed by atoms with Crippen LogP contribution in [0.2, 0.25) is 0 Å². The van der Waals surface area contributed by atoms with E-state index in [1.54, 1.807) is 0 Å². The van der Waals surface area contributed by atoms with Crippen molar-refractivity contribution >= 4 is 11.5 Å². The van der Waals surface area contributed by atoms with Crippen LogP contribution in [-0.4, -0.2) is 57.1 Å². The van der Waals surface area contributed by atoms with E-state index in [0.29, 0.717) is 25.0 Å². The summed E-state index contributed by atoms with van der Waals surface area (Å²) >= 11 is 0. The van der Waals surface area contributed by atoms with Crippen LogP contribution < -0.4 is 5.32 Å². The first-order valence-electron chi connectivity index (χ1n) is 7.26. The smallest absolute Gasteiger partial charge is 0.234 e. The number of tetrazole rings is 1. The summed E-state index contributed by atoms with van der Waals surface area (Å²) in [5.41, 5.74) is 1.04. The van der Waals surface area contributed by atoms with Crippen molar-refractivity contribution in [1.29, 1.82) is 0 Å². The van der Waals surface area contributed by atoms with Gasteiger partial charge in [-0.15, -0.1) is 10.2 Å². The Morgan fingerprint density at radius 3 is 3.05 bits per heavy atom. The van der Waals surface area contributed by atoms with Gasteiger partial charge < -0.3 is 5.32 Å². The molecule has 1 aromatic rings. The molecule has 0 aromatic carbocycles. The largest absolute Gasteiger partial charge is 0.352 e. The molecule has 0 radical (unpaired) electrons. The molecule has 1 saturated carbocycles. The maximum absolute atomic E-state index is 12.0. The topological polar surface area (TPSA) is 86.8 Å². The number of nitrogens with zero attached hydrogens (tertiary/aromatic N) is 4. The van der Waals surface area contributed by atoms with Gasteiger partial charge in [-0.2, -0.15) is 5.21 Å². The molecule has 1 fully saturated rings. The van der Waals surface area contributed by atoms with Gasteiger partial charge in [0, 0.05) is 24.7 Å². The van der Waals surface area contributed by atoms with Crippen LogP contribution in [0, 0.1) is 0 Å². The number of H-pyrrole nitrogens is 1. The fourth-order valence-corrected chi connectivity index (χ4v) is 2.95. The lowest BCUT2D eigenvalue weighted by Crippen LogP contribution is -2.42. The molecule has 0 spiro atoms. The second-order valence-electron chi connectivity index (χ2n) is 5.51. The van der Waals surface area contributed by atoms with E-state index in [1.165, 1.54) is 12.8 Å². The number of carbonyl (C=O) groups excluding carboxylic acids is 1. The van der Waals surface area contributed by atoms with E-state index < -0.39 is 0 Å². The van der Waals surface area contributed by atoms with Crippen LogP contribution in [0.4, 0.5) is 0 Å². The van der Waals surface area contributed by atoms with Gasteiger partial charge in [0.05, 0.1) is 6.54 Å². The predicted molar refractivity (Wildman–Crippen MR) is 73.6 cm³/mol. The molecule has 0 saturated heterocycles. The maximum atomic E-state index is 12.0. The van der Waals surface area contributed by atoms with Crippen molar-refractivity contribution in [2.24, 2.45) is 0 Å². The minimum absolute atomic E-state index is 0.131. The Bertz CT molecular complexity index is 477. The van der Waals surface area contributed by atoms with Gasteiger partial charge >= 0.3 is 0 Å². The van der Waals surface area contributed by atoms with Crippen LogP contribution >= 0.6 is 0 Å². The zero-order valence-electron chi connectivity index (χ0n) is 11.5. The average Bonchev–Trinajstić information content (AvgIpc) is 3.11. The molecular weight excluding hydrogens is 256 g/mol. The SMILES string of the molecule is O=C(CN1CCC=C(c2nn[nH]n2)C1)NC1CCCC1. The summed E-state index contributed by atoms with van der Waals surface area (Å²) in [7, 11) is 0. The summed E-state index contributed by atoms with van der Waals surface area (Å²) in [5.74, 6) is 0.761. The number of nitrogens with one attached hydrogen (secondary N) is 2. The normalized spacial score (nSPS) is 20.9. The van der Waals surface area contributed by atoms with Crippen molar-refractivity contribution in [2.45, 2.75) is 38.1 Å². The maximum Gasteiger partial charge on any atom is 0.234 e. The molecule has 7 nitrogen and oxygen atoms in total. The van der Waals surface area contributed by atoms with Crippen LogP contribution in [0.1, 0.15) is 37.9 Å². The molecule has 1 aliphatic heterocycles. The van der Waals surface area contributed by atoms with Crippen LogP contribution in [0.15, 0.2) is 6.08 Å². The predicted octanol–water partition coefficient (Wildman–Crippen LogP) is 0.348. The van der Waals surface area contributed by atoms with E-state index in [-0.39, 0.29) is 5.91 Å². The fourth-order valence-electron chi connectivity index (χ4n) is 2.95. The van der Waals surface area contributed by atoms with Crippen molar-refractivity contribution in [2.75, 3.05) is 19.6 Å². The van der Waals surface area contributed by atoms with Gasteiger partial charge in [0.1, 0.15) is 0 Å². The third-order valence-corrected chi connectivity index (χ3v) is 3.95. The van der Waals surface area contributed by atoms with E-state index in [4.69, 9.17) is 0 Å². The summed E-state index contributed by atoms with van der Waals surface area (Å²) in [6, 6.07) is 0.388. The zero-order valence-corrected chi connectivity index (χ0v) is 11.5. The molecule has 20 heavy (non-hydrogen) atoms. The number of aromatic nitrogens is 4. The van der Waals surface area contributed by atoms with E-state index >= 15 is 0 Å². The number of hydrogen-bond acceptors (Lipinski definition) is 5. The quantitative estimate of drug-likeness (QED) is 0.828. The molecule has 2 heterocycles. The van der Waals surface area contributed by atoms with Gasteiger partial charge in [0.15, 0.2) is 0 Å². The Morgan fingerprint density at radius 1 is 1.45 bits per heavy atom. The average molecular weight is 276 g/mol. The standard InChI is InChI=1S/C13H20N6O/c20-12(14-11-5-1-2-6-11)9-19-7-3-4-10(8-19)13-15-17-18-16-13/h4,11H,1-3,5-9H2,(H,14,20)(H,15,16,17,18). The van der Waals surface area contributed by atoms with Crippen LogP contribution in [0.5, 0.6) is 0 Å². The molecule has 1 aromatic heterocycles. The Morgan fingerprint density at radius 2 is 2.30 bits per heavy atom. The van der Waals surface area contributed by atoms with Crippen molar-refractivity contribution in [3.05, 3.63) is 11.9 Å². The first kappa shape index (κ1) is 13.2. The third kappa shape index (κ3) is 3.22. The highest BCUT2D eigenvalue weighted by Crippen LogP contribution is 2.18. The molecule has 0 atom stereocenters. The zero-order chi connectivity index (χ0) is 13.8. The van der Waals surface area contributed by atoms with Gasteiger partial charge in [-0.3, -0.25) is 9.69 Å². The molecular formula is C13H20N6O. The Hall–Kier alpha value is -1.76. The molecule has 3 rings (SSSR count). The van der Waals surface area contributed by atoms with Crippen LogP contribution in [-0.2, 0) is 4.79 Å². The number of carbonyl (C=O) groups is 1. The Balaban J connectivity index is 1.51. The molecule has 2 N–H and O–H groups in total. The Kier molecular flexibility index (Phi) is 4.05. The van der Waals surface area contributed by atoms with E-state index in [9.17, 15) is 4.79 Å². The second-order valence-corrected chi connectivity index (χ2v) is 5.51. The third-order valence-electron chi connectivity index (χ3n) is 3.95. The van der Waals surface area contributed by atoms with E-state index in [2.05, 4.69) is 36.9 Å². The van der Waals surface area contributed by atoms with Crippen LogP contribution in [0.25, 0.3) is 5.57 Å². The molecule has 1 amide bonds. The molecule has 0 unspecified atom stereocenters. The minimum Gasteiger partial charge on any atom is -0.352 e. The highest BCUT2D eigenvalue weighted by Gasteiger charge is 2.21. The van der Waals surface area contributed by atoms with Gasteiger partial charge in [0.2, 0.25) is 11.7 Å². The fraction of sp³-hybridized carbons (Fsp3) is 0.692. The van der Waals surface area contributed by atoms with Gasteiger partial charge in [-0.1, -0.05) is 18.9 Å². The van der Waals surface area contributed by atoms with Gasteiger partial charge in [-0.05, 0) is 24.5 Å². The Labute approximate surface area is 117 Å². The first-order valence-corrected chi connectivity index (χ1v) is 7.26. The highest BCUT2D eigenvalue weighted by molar-refractivity contribution is 5.78. The summed E-state index contributed by atoms with van der Waals surface area (Å²) < 4.78 is 0. The molecule has 1 aliphatic carbocycles. The monoisotopic (exact) mass is 276 g/mol. The summed E-state index contributed by atoms with van der Waals surface area (Å²) in [5, 5.41) is 17.2. The summed E-state index contributed by atoms with van der Waals surface area (Å²) in [6.45, 7) is 2.06. The number of rotatable bonds is 4. The van der Waals surface area contributed by atoms with Crippen LogP contribution in [0.3, 0.4) is 0 Å². The number of aromatic amines is 1. The highest BCUT2D eigenvalue weighted by atomic mass is 16.2. The van der Waals surface area contributed by atoms with E-state index in [0.717, 1.165) is 31.4 Å². The van der Waals surface area contributed by atoms with Crippen molar-refractivity contribution < 1.29 is 4.79 Å². The molecule has 2 aliphatic rings. The lowest BCUT2D eigenvalue weighted by molar-refractivity contribution is -0.122. The van der Waals surface area contributed by atoms with E-state index in [1.807, 2.05) is 0 Å². The minimum atomic E-state index is 0.131. The second kappa shape index (κ2) is 6.13. The van der Waals surface area contributed by atoms with Crippen molar-refractivity contribution in [1.82, 2.24) is 30.8 Å². The molecule has 7 heteroatoms. The van der Waals surface area contributed by atoms with Crippen molar-refractivity contribution in [3.8, 4) is 0 Å². The summed E-state index contributed by atoms with van der Waals surface area (Å²) in [4.78, 5) is 14.2. The van der Waals surface area contributed by atoms with Crippen molar-refractivity contribution in [3.63, 3.8) is 0 Å². The number of hydrogen-bond donors (Lipinski definition) is 2. The van der Waals surface area contributed by atoms with Gasteiger partial charge in [0.25, 0.3) is 0 Å². The lowest BCUT2D eigenvalue weighted by Gasteiger charge is -2.26. The molecule has 0 bridgehead atoms.